The molecule has 2 fully saturated rings. The van der Waals surface area contributed by atoms with E-state index >= 15 is 0 Å². The molecule has 1 aliphatic carbocycles. The predicted molar refractivity (Wildman–Crippen MR) is 116 cm³/mol. The van der Waals surface area contributed by atoms with Gasteiger partial charge in [0.2, 0.25) is 5.91 Å². The van der Waals surface area contributed by atoms with E-state index in [0.29, 0.717) is 18.0 Å². The van der Waals surface area contributed by atoms with Gasteiger partial charge in [-0.25, -0.2) is 4.39 Å². The van der Waals surface area contributed by atoms with E-state index in [1.165, 1.54) is 6.07 Å². The van der Waals surface area contributed by atoms with Gasteiger partial charge in [-0.2, -0.15) is 0 Å². The molecule has 0 aromatic heterocycles. The van der Waals surface area contributed by atoms with Gasteiger partial charge in [-0.15, -0.1) is 0 Å². The SMILES string of the molecule is CC(C)NC(=O)[C@H]1CC[C@@H](Nc2cc(OCCN3CCOCC3)c(F)cc2N)CC1. The maximum atomic E-state index is 14.3. The first kappa shape index (κ1) is 22.6. The minimum absolute atomic E-state index is 0.0649. The monoisotopic (exact) mass is 422 g/mol. The van der Waals surface area contributed by atoms with E-state index in [4.69, 9.17) is 15.2 Å². The molecule has 1 heterocycles. The van der Waals surface area contributed by atoms with Gasteiger partial charge in [-0.3, -0.25) is 9.69 Å². The molecule has 0 unspecified atom stereocenters. The van der Waals surface area contributed by atoms with Crippen LogP contribution in [0.25, 0.3) is 0 Å². The average Bonchev–Trinajstić information content (AvgIpc) is 2.72. The molecule has 7 nitrogen and oxygen atoms in total. The summed E-state index contributed by atoms with van der Waals surface area (Å²) < 4.78 is 25.3. The van der Waals surface area contributed by atoms with Crippen molar-refractivity contribution in [2.45, 2.75) is 51.6 Å². The summed E-state index contributed by atoms with van der Waals surface area (Å²) >= 11 is 0. The minimum Gasteiger partial charge on any atom is -0.489 e. The van der Waals surface area contributed by atoms with E-state index in [1.54, 1.807) is 6.07 Å². The van der Waals surface area contributed by atoms with Crippen molar-refractivity contribution in [2.75, 3.05) is 50.5 Å². The standard InChI is InChI=1S/C22H35FN4O3/c1-15(2)25-22(28)16-3-5-17(6-4-16)26-20-14-21(18(23)13-19(20)24)30-12-9-27-7-10-29-11-8-27/h13-17,26H,3-12,24H2,1-2H3,(H,25,28)/t16-,17+. The Morgan fingerprint density at radius 2 is 1.97 bits per heavy atom. The normalized spacial score (nSPS) is 22.7. The molecule has 1 aliphatic heterocycles. The van der Waals surface area contributed by atoms with Crippen LogP contribution in [0.2, 0.25) is 0 Å². The van der Waals surface area contributed by atoms with Gasteiger partial charge >= 0.3 is 0 Å². The van der Waals surface area contributed by atoms with Gasteiger partial charge in [-0.1, -0.05) is 0 Å². The Kier molecular flexibility index (Phi) is 8.16. The van der Waals surface area contributed by atoms with Gasteiger partial charge in [0.05, 0.1) is 24.6 Å². The summed E-state index contributed by atoms with van der Waals surface area (Å²) in [5.41, 5.74) is 7.10. The van der Waals surface area contributed by atoms with Crippen molar-refractivity contribution in [1.82, 2.24) is 10.2 Å². The van der Waals surface area contributed by atoms with Crippen LogP contribution in [0.15, 0.2) is 12.1 Å². The predicted octanol–water partition coefficient (Wildman–Crippen LogP) is 2.61. The van der Waals surface area contributed by atoms with Gasteiger partial charge < -0.3 is 25.8 Å². The zero-order valence-corrected chi connectivity index (χ0v) is 18.1. The molecular weight excluding hydrogens is 387 g/mol. The van der Waals surface area contributed by atoms with Crippen molar-refractivity contribution < 1.29 is 18.7 Å². The van der Waals surface area contributed by atoms with Crippen molar-refractivity contribution in [2.24, 2.45) is 5.92 Å². The topological polar surface area (TPSA) is 88.8 Å². The molecule has 8 heteroatoms. The number of halogens is 1. The molecule has 0 spiro atoms. The van der Waals surface area contributed by atoms with Crippen LogP contribution in [-0.2, 0) is 9.53 Å². The molecule has 2 aliphatic rings. The number of nitrogens with two attached hydrogens (primary N) is 1. The van der Waals surface area contributed by atoms with Gasteiger partial charge in [0, 0.05) is 49.8 Å². The number of ether oxygens (including phenoxy) is 2. The van der Waals surface area contributed by atoms with Crippen LogP contribution in [0.3, 0.4) is 0 Å². The number of hydrogen-bond acceptors (Lipinski definition) is 6. The lowest BCUT2D eigenvalue weighted by Gasteiger charge is -2.30. The van der Waals surface area contributed by atoms with E-state index < -0.39 is 5.82 Å². The number of nitrogens with zero attached hydrogens (tertiary/aromatic N) is 1. The Labute approximate surface area is 178 Å². The fraction of sp³-hybridized carbons (Fsp3) is 0.682. The summed E-state index contributed by atoms with van der Waals surface area (Å²) in [4.78, 5) is 14.4. The molecule has 4 N–H and O–H groups in total. The number of rotatable bonds is 8. The Balaban J connectivity index is 1.51. The third kappa shape index (κ3) is 6.47. The Hall–Kier alpha value is -2.06. The third-order valence-electron chi connectivity index (χ3n) is 5.76. The summed E-state index contributed by atoms with van der Waals surface area (Å²) in [5.74, 6) is -0.0326. The number of morpholine rings is 1. The van der Waals surface area contributed by atoms with E-state index in [1.807, 2.05) is 13.8 Å². The van der Waals surface area contributed by atoms with Gasteiger partial charge in [0.1, 0.15) is 6.61 Å². The number of hydrogen-bond donors (Lipinski definition) is 3. The molecule has 3 rings (SSSR count). The number of nitrogens with one attached hydrogen (secondary N) is 2. The number of amides is 1. The summed E-state index contributed by atoms with van der Waals surface area (Å²) in [6.45, 7) is 8.30. The highest BCUT2D eigenvalue weighted by molar-refractivity contribution is 5.79. The molecule has 168 valence electrons. The zero-order valence-electron chi connectivity index (χ0n) is 18.1. The van der Waals surface area contributed by atoms with E-state index in [-0.39, 0.29) is 29.7 Å². The number of nitrogen functional groups attached to an aromatic ring is 1. The van der Waals surface area contributed by atoms with E-state index in [9.17, 15) is 9.18 Å². The zero-order chi connectivity index (χ0) is 21.5. The lowest BCUT2D eigenvalue weighted by atomic mass is 9.85. The van der Waals surface area contributed by atoms with E-state index in [0.717, 1.165) is 58.5 Å². The molecule has 1 amide bonds. The van der Waals surface area contributed by atoms with Crippen LogP contribution in [0.5, 0.6) is 5.75 Å². The van der Waals surface area contributed by atoms with Crippen LogP contribution in [0.1, 0.15) is 39.5 Å². The number of carbonyl (C=O) groups excluding carboxylic acids is 1. The molecule has 0 atom stereocenters. The van der Waals surface area contributed by atoms with Crippen molar-refractivity contribution in [3.8, 4) is 5.75 Å². The van der Waals surface area contributed by atoms with Crippen LogP contribution in [-0.4, -0.2) is 62.3 Å². The molecule has 1 saturated carbocycles. The summed E-state index contributed by atoms with van der Waals surface area (Å²) in [5, 5.41) is 6.42. The van der Waals surface area contributed by atoms with Gasteiger partial charge in [0.25, 0.3) is 0 Å². The number of benzene rings is 1. The smallest absolute Gasteiger partial charge is 0.223 e. The van der Waals surface area contributed by atoms with Crippen molar-refractivity contribution in [1.29, 1.82) is 0 Å². The summed E-state index contributed by atoms with van der Waals surface area (Å²) in [6.07, 6.45) is 3.42. The highest BCUT2D eigenvalue weighted by Crippen LogP contribution is 2.32. The Morgan fingerprint density at radius 1 is 1.27 bits per heavy atom. The number of carbonyl (C=O) groups is 1. The van der Waals surface area contributed by atoms with Crippen molar-refractivity contribution in [3.05, 3.63) is 17.9 Å². The highest BCUT2D eigenvalue weighted by Gasteiger charge is 2.27. The first-order valence-electron chi connectivity index (χ1n) is 11.0. The summed E-state index contributed by atoms with van der Waals surface area (Å²) in [6, 6.07) is 3.34. The molecule has 0 bridgehead atoms. The second kappa shape index (κ2) is 10.8. The molecule has 1 aromatic carbocycles. The maximum absolute atomic E-state index is 14.3. The molecule has 0 radical (unpaired) electrons. The lowest BCUT2D eigenvalue weighted by molar-refractivity contribution is -0.126. The van der Waals surface area contributed by atoms with Crippen molar-refractivity contribution >= 4 is 17.3 Å². The average molecular weight is 423 g/mol. The first-order valence-corrected chi connectivity index (χ1v) is 11.0. The summed E-state index contributed by atoms with van der Waals surface area (Å²) in [7, 11) is 0. The van der Waals surface area contributed by atoms with Gasteiger partial charge in [0.15, 0.2) is 11.6 Å². The molecule has 1 saturated heterocycles. The van der Waals surface area contributed by atoms with Crippen LogP contribution in [0.4, 0.5) is 15.8 Å². The fourth-order valence-electron chi connectivity index (χ4n) is 4.04. The maximum Gasteiger partial charge on any atom is 0.223 e. The number of anilines is 2. The quantitative estimate of drug-likeness (QED) is 0.558. The first-order chi connectivity index (χ1) is 14.4. The molecule has 30 heavy (non-hydrogen) atoms. The van der Waals surface area contributed by atoms with Gasteiger partial charge in [-0.05, 0) is 39.5 Å². The van der Waals surface area contributed by atoms with Crippen molar-refractivity contribution in [3.63, 3.8) is 0 Å². The Morgan fingerprint density at radius 3 is 2.63 bits per heavy atom. The minimum atomic E-state index is -0.450. The third-order valence-corrected chi connectivity index (χ3v) is 5.76. The second-order valence-electron chi connectivity index (χ2n) is 8.53. The fourth-order valence-corrected chi connectivity index (χ4v) is 4.04. The Bertz CT molecular complexity index is 702. The largest absolute Gasteiger partial charge is 0.489 e. The second-order valence-corrected chi connectivity index (χ2v) is 8.53. The lowest BCUT2D eigenvalue weighted by Crippen LogP contribution is -2.39. The van der Waals surface area contributed by atoms with E-state index in [2.05, 4.69) is 15.5 Å². The molecular formula is C22H35FN4O3. The van der Waals surface area contributed by atoms with Crippen LogP contribution < -0.4 is 21.1 Å². The highest BCUT2D eigenvalue weighted by atomic mass is 19.1. The molecule has 1 aromatic rings. The van der Waals surface area contributed by atoms with Crippen LogP contribution >= 0.6 is 0 Å². The van der Waals surface area contributed by atoms with Crippen LogP contribution in [0, 0.1) is 11.7 Å².